The molecule has 74 valence electrons. The molecule has 0 nitrogen and oxygen atoms in total. The number of alkyl halides is 3. The fraction of sp³-hybridized carbons (Fsp3) is 1.00. The molecule has 0 aromatic carbocycles. The first-order valence-electron chi connectivity index (χ1n) is 4.51. The summed E-state index contributed by atoms with van der Waals surface area (Å²) < 4.78 is 37.6. The molecule has 0 aromatic rings. The minimum atomic E-state index is -1.94. The zero-order chi connectivity index (χ0) is 9.56. The third-order valence-electron chi connectivity index (χ3n) is 1.87. The first-order valence-corrected chi connectivity index (χ1v) is 4.51. The van der Waals surface area contributed by atoms with Crippen LogP contribution in [-0.2, 0) is 0 Å². The summed E-state index contributed by atoms with van der Waals surface area (Å²) in [5.41, 5.74) is 0. The topological polar surface area (TPSA) is 0 Å². The Labute approximate surface area is 72.2 Å². The summed E-state index contributed by atoms with van der Waals surface area (Å²) in [7, 11) is 0. The van der Waals surface area contributed by atoms with Gasteiger partial charge in [0.25, 0.3) is 0 Å². The minimum Gasteiger partial charge on any atom is -0.244 e. The summed E-state index contributed by atoms with van der Waals surface area (Å²) in [6.45, 7) is 3.04. The lowest BCUT2D eigenvalue weighted by molar-refractivity contribution is 0.0848. The molecule has 0 aromatic heterocycles. The molecule has 0 spiro atoms. The van der Waals surface area contributed by atoms with Crippen LogP contribution in [0.15, 0.2) is 0 Å². The van der Waals surface area contributed by atoms with Gasteiger partial charge in [0, 0.05) is 0 Å². The van der Waals surface area contributed by atoms with Crippen LogP contribution in [0.3, 0.4) is 0 Å². The summed E-state index contributed by atoms with van der Waals surface area (Å²) in [5, 5.41) is 0. The fourth-order valence-corrected chi connectivity index (χ4v) is 1.04. The van der Waals surface area contributed by atoms with Gasteiger partial charge in [0.2, 0.25) is 0 Å². The SMILES string of the molecule is CCCCC[C@@H](F)[C@@H](F)[C@@H](C)F. The molecule has 0 amide bonds. The van der Waals surface area contributed by atoms with Crippen molar-refractivity contribution in [2.24, 2.45) is 0 Å². The lowest BCUT2D eigenvalue weighted by Gasteiger charge is -2.13. The second kappa shape index (κ2) is 6.32. The molecule has 3 heteroatoms. The number of rotatable bonds is 6. The molecule has 0 aliphatic rings. The van der Waals surface area contributed by atoms with Gasteiger partial charge in [-0.2, -0.15) is 0 Å². The molecule has 0 fully saturated rings. The van der Waals surface area contributed by atoms with Gasteiger partial charge < -0.3 is 0 Å². The highest BCUT2D eigenvalue weighted by Crippen LogP contribution is 2.17. The van der Waals surface area contributed by atoms with E-state index >= 15 is 0 Å². The van der Waals surface area contributed by atoms with E-state index in [9.17, 15) is 13.2 Å². The molecular weight excluding hydrogens is 165 g/mol. The van der Waals surface area contributed by atoms with E-state index in [4.69, 9.17) is 0 Å². The van der Waals surface area contributed by atoms with Crippen LogP contribution in [0.5, 0.6) is 0 Å². The number of hydrogen-bond donors (Lipinski definition) is 0. The summed E-state index contributed by atoms with van der Waals surface area (Å²) in [6, 6.07) is 0. The molecular formula is C9H17F3. The Morgan fingerprint density at radius 2 is 1.67 bits per heavy atom. The highest BCUT2D eigenvalue weighted by molar-refractivity contribution is 4.73. The maximum absolute atomic E-state index is 12.8. The van der Waals surface area contributed by atoms with Crippen molar-refractivity contribution in [3.05, 3.63) is 0 Å². The van der Waals surface area contributed by atoms with E-state index < -0.39 is 18.5 Å². The molecule has 0 N–H and O–H groups in total. The molecule has 0 bridgehead atoms. The van der Waals surface area contributed by atoms with Crippen molar-refractivity contribution in [2.45, 2.75) is 58.0 Å². The summed E-state index contributed by atoms with van der Waals surface area (Å²) in [6.07, 6.45) is -2.63. The molecule has 0 radical (unpaired) electrons. The van der Waals surface area contributed by atoms with Crippen LogP contribution >= 0.6 is 0 Å². The Morgan fingerprint density at radius 3 is 2.08 bits per heavy atom. The molecule has 0 saturated carbocycles. The van der Waals surface area contributed by atoms with Crippen molar-refractivity contribution < 1.29 is 13.2 Å². The maximum atomic E-state index is 12.8. The second-order valence-electron chi connectivity index (χ2n) is 3.13. The van der Waals surface area contributed by atoms with E-state index in [1.807, 2.05) is 6.92 Å². The standard InChI is InChI=1S/C9H17F3/c1-3-4-5-6-8(11)9(12)7(2)10/h7-9H,3-6H2,1-2H3/t7-,8-,9+/m1/s1. The van der Waals surface area contributed by atoms with Gasteiger partial charge in [-0.15, -0.1) is 0 Å². The van der Waals surface area contributed by atoms with E-state index in [1.54, 1.807) is 0 Å². The van der Waals surface area contributed by atoms with Gasteiger partial charge in [-0.3, -0.25) is 0 Å². The van der Waals surface area contributed by atoms with E-state index in [1.165, 1.54) is 0 Å². The van der Waals surface area contributed by atoms with Gasteiger partial charge in [-0.25, -0.2) is 13.2 Å². The first-order chi connectivity index (χ1) is 5.59. The first kappa shape index (κ1) is 11.8. The van der Waals surface area contributed by atoms with Crippen molar-refractivity contribution in [1.29, 1.82) is 0 Å². The van der Waals surface area contributed by atoms with Gasteiger partial charge in [0.15, 0.2) is 6.17 Å². The van der Waals surface area contributed by atoms with Crippen molar-refractivity contribution in [3.8, 4) is 0 Å². The predicted molar refractivity (Wildman–Crippen MR) is 44.5 cm³/mol. The van der Waals surface area contributed by atoms with E-state index in [0.29, 0.717) is 6.42 Å². The second-order valence-corrected chi connectivity index (χ2v) is 3.13. The molecule has 3 atom stereocenters. The van der Waals surface area contributed by atoms with E-state index in [2.05, 4.69) is 0 Å². The zero-order valence-electron chi connectivity index (χ0n) is 7.69. The van der Waals surface area contributed by atoms with Crippen LogP contribution in [0.25, 0.3) is 0 Å². The van der Waals surface area contributed by atoms with Crippen molar-refractivity contribution >= 4 is 0 Å². The third kappa shape index (κ3) is 4.62. The van der Waals surface area contributed by atoms with Crippen LogP contribution in [0, 0.1) is 0 Å². The molecule has 0 saturated heterocycles. The lowest BCUT2D eigenvalue weighted by atomic mass is 10.1. The van der Waals surface area contributed by atoms with Gasteiger partial charge >= 0.3 is 0 Å². The third-order valence-corrected chi connectivity index (χ3v) is 1.87. The van der Waals surface area contributed by atoms with Crippen LogP contribution in [0.1, 0.15) is 39.5 Å². The van der Waals surface area contributed by atoms with E-state index in [-0.39, 0.29) is 6.42 Å². The number of hydrogen-bond acceptors (Lipinski definition) is 0. The average molecular weight is 182 g/mol. The van der Waals surface area contributed by atoms with Crippen LogP contribution < -0.4 is 0 Å². The van der Waals surface area contributed by atoms with Crippen LogP contribution in [0.2, 0.25) is 0 Å². The quantitative estimate of drug-likeness (QED) is 0.550. The summed E-state index contributed by atoms with van der Waals surface area (Å²) >= 11 is 0. The Kier molecular flexibility index (Phi) is 6.21. The van der Waals surface area contributed by atoms with Gasteiger partial charge in [-0.1, -0.05) is 26.2 Å². The highest BCUT2D eigenvalue weighted by Gasteiger charge is 2.25. The smallest absolute Gasteiger partial charge is 0.162 e. The van der Waals surface area contributed by atoms with Crippen LogP contribution in [0.4, 0.5) is 13.2 Å². The van der Waals surface area contributed by atoms with Crippen LogP contribution in [-0.4, -0.2) is 18.5 Å². The van der Waals surface area contributed by atoms with Gasteiger partial charge in [0.1, 0.15) is 12.3 Å². The average Bonchev–Trinajstić information content (AvgIpc) is 2.03. The zero-order valence-corrected chi connectivity index (χ0v) is 7.69. The lowest BCUT2D eigenvalue weighted by Crippen LogP contribution is -2.25. The van der Waals surface area contributed by atoms with Crippen molar-refractivity contribution in [1.82, 2.24) is 0 Å². The number of unbranched alkanes of at least 4 members (excludes halogenated alkanes) is 2. The Morgan fingerprint density at radius 1 is 1.08 bits per heavy atom. The Hall–Kier alpha value is -0.210. The van der Waals surface area contributed by atoms with Gasteiger partial charge in [-0.05, 0) is 13.3 Å². The molecule has 0 aliphatic heterocycles. The summed E-state index contributed by atoms with van der Waals surface area (Å²) in [4.78, 5) is 0. The Balaban J connectivity index is 3.49. The largest absolute Gasteiger partial charge is 0.244 e. The van der Waals surface area contributed by atoms with Crippen molar-refractivity contribution in [3.63, 3.8) is 0 Å². The molecule has 0 unspecified atom stereocenters. The highest BCUT2D eigenvalue weighted by atomic mass is 19.2. The maximum Gasteiger partial charge on any atom is 0.162 e. The van der Waals surface area contributed by atoms with Gasteiger partial charge in [0.05, 0.1) is 0 Å². The minimum absolute atomic E-state index is 0.142. The van der Waals surface area contributed by atoms with Crippen molar-refractivity contribution in [2.75, 3.05) is 0 Å². The fourth-order valence-electron chi connectivity index (χ4n) is 1.04. The summed E-state index contributed by atoms with van der Waals surface area (Å²) in [5.74, 6) is 0. The Bertz CT molecular complexity index is 104. The van der Waals surface area contributed by atoms with E-state index in [0.717, 1.165) is 19.8 Å². The monoisotopic (exact) mass is 182 g/mol. The predicted octanol–water partition coefficient (Wildman–Crippen LogP) is 3.60. The normalized spacial score (nSPS) is 18.8. The molecule has 0 heterocycles. The molecule has 0 rings (SSSR count). The molecule has 0 aliphatic carbocycles. The number of halogens is 3. The molecule has 12 heavy (non-hydrogen) atoms.